The first-order valence-electron chi connectivity index (χ1n) is 25.2. The van der Waals surface area contributed by atoms with E-state index in [1.807, 2.05) is 25.4 Å². The number of carbonyl (C=O) groups is 10. The first-order chi connectivity index (χ1) is 38.3. The van der Waals surface area contributed by atoms with Crippen molar-refractivity contribution in [2.75, 3.05) is 18.6 Å². The molecule has 0 fully saturated rings. The Balaban J connectivity index is 1.50. The molecule has 0 aliphatic rings. The summed E-state index contributed by atoms with van der Waals surface area (Å²) in [5.74, 6) is -19.5. The lowest BCUT2D eigenvalue weighted by Gasteiger charge is -2.26. The number of benzene rings is 2. The van der Waals surface area contributed by atoms with Gasteiger partial charge in [-0.1, -0.05) is 51.0 Å². The number of azide groups is 1. The van der Waals surface area contributed by atoms with E-state index in [4.69, 9.17) is 17.0 Å². The van der Waals surface area contributed by atoms with Crippen molar-refractivity contribution in [1.29, 1.82) is 0 Å². The molecule has 0 aliphatic heterocycles. The Morgan fingerprint density at radius 3 is 1.90 bits per heavy atom. The van der Waals surface area contributed by atoms with Crippen LogP contribution in [0.3, 0.4) is 0 Å². The number of nitrogens with zero attached hydrogens (tertiary/aromatic N) is 4. The second-order valence-electron chi connectivity index (χ2n) is 19.3. The number of rotatable bonds is 31. The number of primary amides is 2. The largest absolute Gasteiger partial charge is 0.370 e. The van der Waals surface area contributed by atoms with E-state index < -0.39 is 161 Å². The van der Waals surface area contributed by atoms with E-state index in [-0.39, 0.29) is 31.6 Å². The SMILES string of the molecule is CSCC[C@H](NC(=O)[C@H](CC(C)C)NC(=O)[C@H](Cc1cnc[nH]1)NC(=O)CNC(=O)[C@@H](NC(=O)[C@H](C)NC(=O)[C@H](Cc1c[nH]c2ccccc12)NC(=O)[C@H](CCC(N)=O)NC(=O)c1c(F)c(F)c(N=[N+]=[N-])c(F)c1F)C(C)C)C(N)=O. The van der Waals surface area contributed by atoms with Gasteiger partial charge in [0.15, 0.2) is 23.3 Å². The lowest BCUT2D eigenvalue weighted by atomic mass is 10.0. The highest BCUT2D eigenvalue weighted by molar-refractivity contribution is 7.98. The highest BCUT2D eigenvalue weighted by atomic mass is 32.2. The predicted octanol–water partition coefficient (Wildman–Crippen LogP) is 1.22. The van der Waals surface area contributed by atoms with E-state index in [0.717, 1.165) is 0 Å². The zero-order chi connectivity index (χ0) is 60.2. The third-order valence-corrected chi connectivity index (χ3v) is 13.0. The van der Waals surface area contributed by atoms with Gasteiger partial charge in [0.05, 0.1) is 12.9 Å². The van der Waals surface area contributed by atoms with Crippen LogP contribution in [0.1, 0.15) is 81.9 Å². The van der Waals surface area contributed by atoms with E-state index in [1.165, 1.54) is 37.4 Å². The van der Waals surface area contributed by atoms with Crippen LogP contribution >= 0.6 is 11.8 Å². The average molecular weight is 1160 g/mol. The fourth-order valence-electron chi connectivity index (χ4n) is 8.05. The van der Waals surface area contributed by atoms with Crippen molar-refractivity contribution in [2.24, 2.45) is 28.4 Å². The van der Waals surface area contributed by atoms with Gasteiger partial charge in [-0.2, -0.15) is 11.8 Å². The smallest absolute Gasteiger partial charge is 0.258 e. The predicted molar refractivity (Wildman–Crippen MR) is 286 cm³/mol. The molecule has 2 aromatic heterocycles. The summed E-state index contributed by atoms with van der Waals surface area (Å²) in [5.41, 5.74) is 17.2. The highest BCUT2D eigenvalue weighted by Crippen LogP contribution is 2.31. The monoisotopic (exact) mass is 1160 g/mol. The maximum absolute atomic E-state index is 15.0. The van der Waals surface area contributed by atoms with Crippen molar-refractivity contribution in [3.05, 3.63) is 93.5 Å². The molecular weight excluding hydrogens is 1090 g/mol. The zero-order valence-corrected chi connectivity index (χ0v) is 45.7. The topological polar surface area (TPSA) is 412 Å². The number of carbonyl (C=O) groups excluding carboxylic acids is 10. The molecule has 0 radical (unpaired) electrons. The summed E-state index contributed by atoms with van der Waals surface area (Å²) in [4.78, 5) is 145. The minimum Gasteiger partial charge on any atom is -0.370 e. The number of nitrogens with two attached hydrogens (primary N) is 2. The van der Waals surface area contributed by atoms with Crippen LogP contribution in [-0.2, 0) is 56.0 Å². The Kier molecular flexibility index (Phi) is 24.5. The second-order valence-corrected chi connectivity index (χ2v) is 20.3. The quantitative estimate of drug-likeness (QED) is 0.0111. The number of nitrogens with one attached hydrogen (secondary N) is 10. The van der Waals surface area contributed by atoms with Gasteiger partial charge in [-0.3, -0.25) is 47.9 Å². The van der Waals surface area contributed by atoms with Gasteiger partial charge < -0.3 is 64.0 Å². The summed E-state index contributed by atoms with van der Waals surface area (Å²) in [6.45, 7) is 7.25. The Morgan fingerprint density at radius 1 is 0.704 bits per heavy atom. The van der Waals surface area contributed by atoms with Crippen LogP contribution in [0.5, 0.6) is 0 Å². The normalized spacial score (nSPS) is 13.7. The van der Waals surface area contributed by atoms with Crippen LogP contribution in [0.15, 0.2) is 48.1 Å². The molecule has 0 spiro atoms. The Morgan fingerprint density at radius 2 is 1.31 bits per heavy atom. The van der Waals surface area contributed by atoms with Gasteiger partial charge in [-0.25, -0.2) is 22.5 Å². The summed E-state index contributed by atoms with van der Waals surface area (Å²) in [6, 6.07) is -3.19. The summed E-state index contributed by atoms with van der Waals surface area (Å²) < 4.78 is 59.4. The maximum Gasteiger partial charge on any atom is 0.258 e. The van der Waals surface area contributed by atoms with Crippen molar-refractivity contribution in [2.45, 2.75) is 115 Å². The van der Waals surface area contributed by atoms with E-state index in [1.54, 1.807) is 38.1 Å². The first-order valence-corrected chi connectivity index (χ1v) is 26.6. The van der Waals surface area contributed by atoms with Crippen molar-refractivity contribution in [1.82, 2.24) is 57.5 Å². The molecule has 14 N–H and O–H groups in total. The van der Waals surface area contributed by atoms with Crippen LogP contribution in [0.2, 0.25) is 0 Å². The Labute approximate surface area is 465 Å². The van der Waals surface area contributed by atoms with Gasteiger partial charge >= 0.3 is 0 Å². The van der Waals surface area contributed by atoms with Crippen molar-refractivity contribution in [3.63, 3.8) is 0 Å². The molecule has 0 bridgehead atoms. The van der Waals surface area contributed by atoms with E-state index >= 15 is 8.78 Å². The fourth-order valence-corrected chi connectivity index (χ4v) is 8.52. The number of amides is 10. The molecule has 0 unspecified atom stereocenters. The number of aromatic nitrogens is 3. The molecule has 4 aromatic rings. The number of H-pyrrole nitrogens is 2. The number of halogens is 4. The van der Waals surface area contributed by atoms with Gasteiger partial charge in [-0.05, 0) is 67.2 Å². The van der Waals surface area contributed by atoms with Crippen molar-refractivity contribution >= 4 is 87.4 Å². The summed E-state index contributed by atoms with van der Waals surface area (Å²) in [7, 11) is 0. The number of hydrogen-bond acceptors (Lipinski definition) is 13. The minimum absolute atomic E-state index is 0.118. The van der Waals surface area contributed by atoms with Crippen LogP contribution in [0.25, 0.3) is 21.3 Å². The number of thioether (sulfide) groups is 1. The standard InChI is InChI=1S/C50H64F4N16O10S/c1-22(2)15-31(47(77)64-29(43(56)73)13-14-81-6)66-48(78)33(17-26-19-58-21-61-26)63-35(72)20-60-50(80)41(23(3)4)68-44(74)24(5)62-46(76)32(16-25-18-59-28-10-8-7-9-27(25)28)67-45(75)30(11-12-34(55)71)65-49(79)36-37(51)39(53)42(69-70-57)40(54)38(36)52/h7-10,18-19,21-24,29-33,41,59H,11-17,20H2,1-6H3,(H2,55,71)(H2,56,73)(H,58,61)(H,60,80)(H,62,76)(H,63,72)(H,64,77)(H,65,79)(H,66,78)(H,67,75)(H,68,74)/t24-,29-,30-,31-,32-,33-,41-/m0/s1. The molecule has 81 heavy (non-hydrogen) atoms. The number of aromatic amines is 2. The summed E-state index contributed by atoms with van der Waals surface area (Å²) in [6.07, 6.45) is 4.65. The van der Waals surface area contributed by atoms with Crippen molar-refractivity contribution < 1.29 is 65.5 Å². The lowest BCUT2D eigenvalue weighted by Crippen LogP contribution is -2.59. The zero-order valence-electron chi connectivity index (χ0n) is 44.8. The van der Waals surface area contributed by atoms with Gasteiger partial charge in [0.1, 0.15) is 53.5 Å². The average Bonchev–Trinajstić information content (AvgIpc) is 4.16. The van der Waals surface area contributed by atoms with Gasteiger partial charge in [-0.15, -0.1) is 0 Å². The number of para-hydroxylation sites is 1. The third-order valence-electron chi connectivity index (χ3n) is 12.3. The highest BCUT2D eigenvalue weighted by Gasteiger charge is 2.36. The lowest BCUT2D eigenvalue weighted by molar-refractivity contribution is -0.135. The van der Waals surface area contributed by atoms with Gasteiger partial charge in [0.25, 0.3) is 5.91 Å². The number of imidazole rings is 1. The molecule has 2 heterocycles. The Hall–Kier alpha value is -8.73. The molecule has 0 aliphatic carbocycles. The van der Waals surface area contributed by atoms with E-state index in [9.17, 15) is 56.7 Å². The number of fused-ring (bicyclic) bond motifs is 1. The summed E-state index contributed by atoms with van der Waals surface area (Å²) in [5, 5.41) is 22.6. The molecule has 4 rings (SSSR count). The fraction of sp³-hybridized carbons (Fsp3) is 0.460. The van der Waals surface area contributed by atoms with Crippen LogP contribution in [0.4, 0.5) is 23.2 Å². The van der Waals surface area contributed by atoms with E-state index in [2.05, 4.69) is 62.2 Å². The molecule has 0 saturated heterocycles. The molecule has 26 nitrogen and oxygen atoms in total. The summed E-state index contributed by atoms with van der Waals surface area (Å²) >= 11 is 1.44. The molecule has 2 aromatic carbocycles. The Bertz CT molecular complexity index is 2980. The second kappa shape index (κ2) is 30.6. The third kappa shape index (κ3) is 18.7. The van der Waals surface area contributed by atoms with Gasteiger partial charge in [0.2, 0.25) is 53.2 Å². The van der Waals surface area contributed by atoms with Crippen molar-refractivity contribution in [3.8, 4) is 0 Å². The van der Waals surface area contributed by atoms with Crippen LogP contribution in [-0.4, -0.2) is 135 Å². The van der Waals surface area contributed by atoms with Crippen LogP contribution < -0.4 is 54.0 Å². The number of hydrogen-bond donors (Lipinski definition) is 12. The molecule has 31 heteroatoms. The minimum atomic E-state index is -2.29. The molecule has 7 atom stereocenters. The van der Waals surface area contributed by atoms with Crippen LogP contribution in [0, 0.1) is 35.1 Å². The first kappa shape index (κ1) is 64.8. The van der Waals surface area contributed by atoms with Gasteiger partial charge in [0, 0.05) is 53.2 Å². The molecular formula is C50H64F4N16O10S. The maximum atomic E-state index is 15.0. The van der Waals surface area contributed by atoms with E-state index in [0.29, 0.717) is 27.9 Å². The molecule has 10 amide bonds. The molecule has 0 saturated carbocycles. The molecule has 438 valence electrons.